The average Bonchev–Trinajstić information content (AvgIpc) is 2.57. The molecule has 1 aromatic rings. The van der Waals surface area contributed by atoms with Crippen LogP contribution in [0.2, 0.25) is 0 Å². The molecule has 0 bridgehead atoms. The standard InChI is InChI=1S/C22H40NO.ClH/c1-4-5-6-7-8-9-10-11-12-16-19-23(2,3)20-21-24-22-17-14-13-15-18-22;/h13-15,17-18H,4-12,16,19-21H2,1-3H3;1H/q+1;/p-1. The van der Waals surface area contributed by atoms with Gasteiger partial charge >= 0.3 is 0 Å². The summed E-state index contributed by atoms with van der Waals surface area (Å²) in [6.07, 6.45) is 14.1. The summed E-state index contributed by atoms with van der Waals surface area (Å²) < 4.78 is 6.89. The molecular weight excluding hydrogens is 330 g/mol. The summed E-state index contributed by atoms with van der Waals surface area (Å²) >= 11 is 0. The number of unbranched alkanes of at least 4 members (excludes halogenated alkanes) is 9. The van der Waals surface area contributed by atoms with Crippen LogP contribution in [0.3, 0.4) is 0 Å². The molecule has 0 saturated carbocycles. The SMILES string of the molecule is CCCCCCCCCCCC[N+](C)(C)CCOc1ccccc1.[Cl-]. The molecule has 0 aromatic heterocycles. The van der Waals surface area contributed by atoms with E-state index < -0.39 is 0 Å². The Morgan fingerprint density at radius 1 is 0.720 bits per heavy atom. The Bertz CT molecular complexity index is 394. The maximum atomic E-state index is 5.83. The molecule has 0 N–H and O–H groups in total. The Kier molecular flexibility index (Phi) is 15.1. The van der Waals surface area contributed by atoms with Crippen LogP contribution in [-0.4, -0.2) is 38.3 Å². The van der Waals surface area contributed by atoms with E-state index in [2.05, 4.69) is 21.0 Å². The minimum Gasteiger partial charge on any atom is -1.00 e. The van der Waals surface area contributed by atoms with E-state index >= 15 is 0 Å². The van der Waals surface area contributed by atoms with Crippen LogP contribution < -0.4 is 17.1 Å². The first-order valence-corrected chi connectivity index (χ1v) is 10.1. The largest absolute Gasteiger partial charge is 1.00 e. The molecule has 0 heterocycles. The number of quaternary nitrogens is 1. The van der Waals surface area contributed by atoms with E-state index in [4.69, 9.17) is 4.74 Å². The first-order valence-electron chi connectivity index (χ1n) is 10.1. The van der Waals surface area contributed by atoms with Crippen molar-refractivity contribution >= 4 is 0 Å². The number of hydrogen-bond donors (Lipinski definition) is 0. The highest BCUT2D eigenvalue weighted by atomic mass is 35.5. The molecule has 0 aliphatic rings. The summed E-state index contributed by atoms with van der Waals surface area (Å²) in [6.45, 7) is 5.42. The molecule has 25 heavy (non-hydrogen) atoms. The van der Waals surface area contributed by atoms with Gasteiger partial charge in [-0.3, -0.25) is 0 Å². The van der Waals surface area contributed by atoms with Crippen molar-refractivity contribution in [2.24, 2.45) is 0 Å². The number of para-hydroxylation sites is 1. The monoisotopic (exact) mass is 369 g/mol. The van der Waals surface area contributed by atoms with Gasteiger partial charge in [-0.1, -0.05) is 76.5 Å². The number of halogens is 1. The van der Waals surface area contributed by atoms with Crippen molar-refractivity contribution in [3.63, 3.8) is 0 Å². The first kappa shape index (κ1) is 24.3. The lowest BCUT2D eigenvalue weighted by Gasteiger charge is -2.29. The Morgan fingerprint density at radius 3 is 1.80 bits per heavy atom. The molecule has 0 atom stereocenters. The van der Waals surface area contributed by atoms with Gasteiger partial charge in [-0.25, -0.2) is 0 Å². The molecule has 2 nitrogen and oxygen atoms in total. The predicted molar refractivity (Wildman–Crippen MR) is 106 cm³/mol. The summed E-state index contributed by atoms with van der Waals surface area (Å²) in [5.41, 5.74) is 0. The molecule has 0 fully saturated rings. The van der Waals surface area contributed by atoms with Crippen molar-refractivity contribution in [2.45, 2.75) is 71.1 Å². The van der Waals surface area contributed by atoms with Crippen LogP contribution in [0.1, 0.15) is 71.1 Å². The lowest BCUT2D eigenvalue weighted by atomic mass is 10.1. The van der Waals surface area contributed by atoms with Crippen LogP contribution in [-0.2, 0) is 0 Å². The van der Waals surface area contributed by atoms with E-state index in [1.54, 1.807) is 0 Å². The number of nitrogens with zero attached hydrogens (tertiary/aromatic N) is 1. The van der Waals surface area contributed by atoms with Crippen molar-refractivity contribution in [3.05, 3.63) is 30.3 Å². The zero-order valence-electron chi connectivity index (χ0n) is 16.8. The molecule has 1 rings (SSSR count). The van der Waals surface area contributed by atoms with Gasteiger partial charge in [0.2, 0.25) is 0 Å². The smallest absolute Gasteiger partial charge is 0.137 e. The summed E-state index contributed by atoms with van der Waals surface area (Å²) in [4.78, 5) is 0. The second-order valence-electron chi connectivity index (χ2n) is 7.73. The second-order valence-corrected chi connectivity index (χ2v) is 7.73. The fourth-order valence-corrected chi connectivity index (χ4v) is 3.07. The average molecular weight is 370 g/mol. The molecule has 0 radical (unpaired) electrons. The zero-order valence-corrected chi connectivity index (χ0v) is 17.6. The maximum absolute atomic E-state index is 5.83. The summed E-state index contributed by atoms with van der Waals surface area (Å²) in [6, 6.07) is 10.1. The van der Waals surface area contributed by atoms with Crippen LogP contribution in [0.5, 0.6) is 5.75 Å². The molecule has 0 spiro atoms. The Morgan fingerprint density at radius 2 is 1.24 bits per heavy atom. The van der Waals surface area contributed by atoms with Gasteiger partial charge in [-0.15, -0.1) is 0 Å². The minimum atomic E-state index is 0. The molecule has 0 unspecified atom stereocenters. The van der Waals surface area contributed by atoms with Gasteiger partial charge in [0.05, 0.1) is 20.6 Å². The minimum absolute atomic E-state index is 0. The van der Waals surface area contributed by atoms with Gasteiger partial charge in [0, 0.05) is 0 Å². The fraction of sp³-hybridized carbons (Fsp3) is 0.727. The highest BCUT2D eigenvalue weighted by Gasteiger charge is 2.14. The van der Waals surface area contributed by atoms with Crippen molar-refractivity contribution in [3.8, 4) is 5.75 Å². The third-order valence-corrected chi connectivity index (χ3v) is 4.83. The Hall–Kier alpha value is -0.730. The van der Waals surface area contributed by atoms with Gasteiger partial charge in [0.25, 0.3) is 0 Å². The molecule has 146 valence electrons. The Labute approximate surface area is 163 Å². The molecule has 0 aliphatic heterocycles. The van der Waals surface area contributed by atoms with E-state index in [1.807, 2.05) is 30.3 Å². The van der Waals surface area contributed by atoms with Crippen molar-refractivity contribution in [1.82, 2.24) is 0 Å². The molecule has 0 aliphatic carbocycles. The predicted octanol–water partition coefficient (Wildman–Crippen LogP) is 3.07. The lowest BCUT2D eigenvalue weighted by molar-refractivity contribution is -0.890. The number of benzene rings is 1. The normalized spacial score (nSPS) is 11.2. The number of rotatable bonds is 15. The van der Waals surface area contributed by atoms with Crippen molar-refractivity contribution in [2.75, 3.05) is 33.8 Å². The molecule has 0 amide bonds. The van der Waals surface area contributed by atoms with Crippen molar-refractivity contribution < 1.29 is 21.6 Å². The van der Waals surface area contributed by atoms with Gasteiger partial charge in [0.15, 0.2) is 0 Å². The van der Waals surface area contributed by atoms with E-state index in [1.165, 1.54) is 70.8 Å². The van der Waals surface area contributed by atoms with Crippen LogP contribution in [0.4, 0.5) is 0 Å². The van der Waals surface area contributed by atoms with Crippen LogP contribution in [0.25, 0.3) is 0 Å². The number of ether oxygens (including phenoxy) is 1. The maximum Gasteiger partial charge on any atom is 0.137 e. The number of likely N-dealkylation sites (N-methyl/N-ethyl adjacent to an activating group) is 1. The fourth-order valence-electron chi connectivity index (χ4n) is 3.07. The van der Waals surface area contributed by atoms with Crippen LogP contribution in [0, 0.1) is 0 Å². The molecular formula is C22H40ClNO. The topological polar surface area (TPSA) is 9.23 Å². The first-order chi connectivity index (χ1) is 11.6. The van der Waals surface area contributed by atoms with E-state index in [0.717, 1.165) is 23.4 Å². The van der Waals surface area contributed by atoms with Gasteiger partial charge in [-0.05, 0) is 25.0 Å². The molecule has 0 saturated heterocycles. The molecule has 1 aromatic carbocycles. The third kappa shape index (κ3) is 14.2. The van der Waals surface area contributed by atoms with E-state index in [0.29, 0.717) is 0 Å². The van der Waals surface area contributed by atoms with Gasteiger partial charge in [-0.2, -0.15) is 0 Å². The summed E-state index contributed by atoms with van der Waals surface area (Å²) in [5, 5.41) is 0. The van der Waals surface area contributed by atoms with Gasteiger partial charge in [0.1, 0.15) is 18.9 Å². The van der Waals surface area contributed by atoms with Crippen LogP contribution >= 0.6 is 0 Å². The highest BCUT2D eigenvalue weighted by molar-refractivity contribution is 5.20. The third-order valence-electron chi connectivity index (χ3n) is 4.83. The highest BCUT2D eigenvalue weighted by Crippen LogP contribution is 2.12. The summed E-state index contributed by atoms with van der Waals surface area (Å²) in [5.74, 6) is 0.983. The van der Waals surface area contributed by atoms with Crippen LogP contribution in [0.15, 0.2) is 30.3 Å². The summed E-state index contributed by atoms with van der Waals surface area (Å²) in [7, 11) is 4.64. The van der Waals surface area contributed by atoms with E-state index in [-0.39, 0.29) is 12.4 Å². The zero-order chi connectivity index (χ0) is 17.5. The number of hydrogen-bond acceptors (Lipinski definition) is 1. The van der Waals surface area contributed by atoms with Crippen molar-refractivity contribution in [1.29, 1.82) is 0 Å². The quantitative estimate of drug-likeness (QED) is 0.341. The second kappa shape index (κ2) is 15.5. The van der Waals surface area contributed by atoms with E-state index in [9.17, 15) is 0 Å². The Balaban J connectivity index is 0.00000576. The molecule has 3 heteroatoms. The van der Waals surface area contributed by atoms with Gasteiger partial charge < -0.3 is 21.6 Å². The lowest BCUT2D eigenvalue weighted by Crippen LogP contribution is -3.00.